The third kappa shape index (κ3) is 7.85. The Kier molecular flexibility index (Phi) is 10.2. The first kappa shape index (κ1) is 33.8. The fourth-order valence-corrected chi connectivity index (χ4v) is 5.99. The third-order valence-electron chi connectivity index (χ3n) is 5.21. The molecule has 0 radical (unpaired) electrons. The van der Waals surface area contributed by atoms with E-state index < -0.39 is 56.6 Å². The Hall–Kier alpha value is -3.65. The van der Waals surface area contributed by atoms with Gasteiger partial charge in [-0.05, 0) is 31.2 Å². The second-order valence-electron chi connectivity index (χ2n) is 8.14. The molecule has 11 nitrogen and oxygen atoms in total. The Morgan fingerprint density at radius 2 is 1.84 bits per heavy atom. The predicted molar refractivity (Wildman–Crippen MR) is 142 cm³/mol. The van der Waals surface area contributed by atoms with Crippen LogP contribution in [0.4, 0.5) is 32.0 Å². The van der Waals surface area contributed by atoms with Gasteiger partial charge in [0.2, 0.25) is 10.0 Å². The number of carbonyl (C=O) groups is 1. The van der Waals surface area contributed by atoms with Crippen LogP contribution in [0.3, 0.4) is 0 Å². The molecule has 0 fully saturated rings. The van der Waals surface area contributed by atoms with Crippen LogP contribution in [-0.4, -0.2) is 59.0 Å². The van der Waals surface area contributed by atoms with Gasteiger partial charge in [0.05, 0.1) is 35.0 Å². The summed E-state index contributed by atoms with van der Waals surface area (Å²) < 4.78 is 110. The molecule has 4 rings (SSSR count). The number of aromatic carboxylic acids is 1. The molecule has 43 heavy (non-hydrogen) atoms. The Morgan fingerprint density at radius 3 is 2.35 bits per heavy atom. The molecule has 20 heteroatoms. The van der Waals surface area contributed by atoms with E-state index in [1.54, 1.807) is 0 Å². The van der Waals surface area contributed by atoms with Crippen LogP contribution < -0.4 is 9.46 Å². The molecule has 0 aliphatic heterocycles. The van der Waals surface area contributed by atoms with Crippen LogP contribution in [0.5, 0.6) is 5.75 Å². The number of hydrogen-bond acceptors (Lipinski definition) is 8. The van der Waals surface area contributed by atoms with Gasteiger partial charge in [0, 0.05) is 12.1 Å². The maximum Gasteiger partial charge on any atom is 0.433 e. The van der Waals surface area contributed by atoms with Crippen molar-refractivity contribution in [3.05, 3.63) is 63.4 Å². The molecule has 3 aromatic heterocycles. The summed E-state index contributed by atoms with van der Waals surface area (Å²) >= 11 is 6.38. The summed E-state index contributed by atoms with van der Waals surface area (Å²) in [5.74, 6) is -2.14. The Labute approximate surface area is 247 Å². The molecule has 0 saturated heterocycles. The van der Waals surface area contributed by atoms with Crippen molar-refractivity contribution in [3.63, 3.8) is 0 Å². The SMILES string of the molecule is CCOc1cc(-c2cc(C(F)(F)F)n3ncc(C(=O)O)c3n2)ccc1C(F)(F)F.[NH-]c1cc(S(=O)(=O)NCCO)sc1Cl. The molecule has 234 valence electrons. The Morgan fingerprint density at radius 1 is 1.16 bits per heavy atom. The van der Waals surface area contributed by atoms with E-state index in [-0.39, 0.29) is 45.2 Å². The minimum Gasteiger partial charge on any atom is -0.697 e. The van der Waals surface area contributed by atoms with Crippen molar-refractivity contribution in [3.8, 4) is 17.0 Å². The molecule has 1 aromatic carbocycles. The Balaban J connectivity index is 0.000000303. The van der Waals surface area contributed by atoms with Crippen molar-refractivity contribution in [2.45, 2.75) is 23.5 Å². The van der Waals surface area contributed by atoms with Crippen molar-refractivity contribution in [2.24, 2.45) is 0 Å². The van der Waals surface area contributed by atoms with Crippen LogP contribution in [0.2, 0.25) is 4.34 Å². The number of aliphatic hydroxyl groups excluding tert-OH is 1. The molecule has 0 amide bonds. The molecular formula is C23H19ClF6N5O6S2-. The van der Waals surface area contributed by atoms with Gasteiger partial charge in [-0.3, -0.25) is 0 Å². The average Bonchev–Trinajstić information content (AvgIpc) is 3.49. The highest BCUT2D eigenvalue weighted by atomic mass is 35.5. The van der Waals surface area contributed by atoms with Crippen LogP contribution in [0.15, 0.2) is 40.7 Å². The number of sulfonamides is 1. The summed E-state index contributed by atoms with van der Waals surface area (Å²) in [6.45, 7) is 1.01. The van der Waals surface area contributed by atoms with E-state index in [0.29, 0.717) is 22.8 Å². The Bertz CT molecular complexity index is 1720. The minimum atomic E-state index is -4.92. The van der Waals surface area contributed by atoms with E-state index in [2.05, 4.69) is 14.8 Å². The standard InChI is InChI=1S/C17H11F6N3O3.C6H8ClN2O3S2/c1-2-29-12-5-8(3-4-10(12)16(18,19)20)11-6-13(17(21,22)23)26-14(25-11)9(7-24-26)15(27)28;7-6-4(8)3-5(13-6)14(11,12)9-1-2-10/h3-7H,2H2,1H3,(H,27,28);3,8-10H,1-2H2/q;-1. The zero-order chi connectivity index (χ0) is 32.3. The molecule has 4 N–H and O–H groups in total. The van der Waals surface area contributed by atoms with E-state index >= 15 is 0 Å². The summed E-state index contributed by atoms with van der Waals surface area (Å²) in [4.78, 5) is 15.1. The number of rotatable bonds is 8. The van der Waals surface area contributed by atoms with Gasteiger partial charge >= 0.3 is 18.3 Å². The number of carboxylic acid groups (broad SMARTS) is 1. The summed E-state index contributed by atoms with van der Waals surface area (Å²) in [7, 11) is -3.62. The number of nitrogens with one attached hydrogen (secondary N) is 2. The third-order valence-corrected chi connectivity index (χ3v) is 8.50. The number of carboxylic acids is 1. The maximum absolute atomic E-state index is 13.4. The topological polar surface area (TPSA) is 167 Å². The number of halogens is 7. The minimum absolute atomic E-state index is 0.0129. The lowest BCUT2D eigenvalue weighted by Gasteiger charge is -2.15. The zero-order valence-corrected chi connectivity index (χ0v) is 23.8. The van der Waals surface area contributed by atoms with Crippen LogP contribution in [0.1, 0.15) is 28.5 Å². The van der Waals surface area contributed by atoms with Gasteiger partial charge in [-0.15, -0.1) is 17.0 Å². The molecule has 0 unspecified atom stereocenters. The molecule has 0 aliphatic rings. The molecule has 4 aromatic rings. The van der Waals surface area contributed by atoms with Gasteiger partial charge in [-0.1, -0.05) is 17.7 Å². The van der Waals surface area contributed by atoms with E-state index in [9.17, 15) is 39.6 Å². The molecule has 0 saturated carbocycles. The molecule has 0 bridgehead atoms. The lowest BCUT2D eigenvalue weighted by molar-refractivity contribution is -0.142. The first-order chi connectivity index (χ1) is 19.9. The van der Waals surface area contributed by atoms with Crippen molar-refractivity contribution in [1.29, 1.82) is 0 Å². The normalized spacial score (nSPS) is 12.2. The van der Waals surface area contributed by atoms with Crippen LogP contribution in [0.25, 0.3) is 22.6 Å². The maximum atomic E-state index is 13.4. The van der Waals surface area contributed by atoms with E-state index in [1.165, 1.54) is 13.0 Å². The highest BCUT2D eigenvalue weighted by Crippen LogP contribution is 2.40. The lowest BCUT2D eigenvalue weighted by atomic mass is 10.1. The molecule has 0 aliphatic carbocycles. The number of fused-ring (bicyclic) bond motifs is 1. The van der Waals surface area contributed by atoms with Gasteiger partial charge in [0.15, 0.2) is 11.3 Å². The van der Waals surface area contributed by atoms with Crippen molar-refractivity contribution in [1.82, 2.24) is 19.3 Å². The van der Waals surface area contributed by atoms with Gasteiger partial charge in [0.25, 0.3) is 0 Å². The van der Waals surface area contributed by atoms with Crippen LogP contribution in [0, 0.1) is 0 Å². The second kappa shape index (κ2) is 12.9. The monoisotopic (exact) mass is 674 g/mol. The molecule has 3 heterocycles. The number of ether oxygens (including phenoxy) is 1. The second-order valence-corrected chi connectivity index (χ2v) is 11.8. The fraction of sp³-hybridized carbons (Fsp3) is 0.261. The van der Waals surface area contributed by atoms with E-state index in [1.807, 2.05) is 0 Å². The van der Waals surface area contributed by atoms with Gasteiger partial charge in [0.1, 0.15) is 15.5 Å². The van der Waals surface area contributed by atoms with E-state index in [0.717, 1.165) is 23.5 Å². The summed E-state index contributed by atoms with van der Waals surface area (Å²) in [5.41, 5.74) is 3.10. The lowest BCUT2D eigenvalue weighted by Crippen LogP contribution is -2.25. The number of aromatic nitrogens is 3. The van der Waals surface area contributed by atoms with Gasteiger partial charge < -0.3 is 20.7 Å². The number of aliphatic hydroxyl groups is 1. The first-order valence-corrected chi connectivity index (χ1v) is 14.2. The number of thiophene rings is 1. The average molecular weight is 675 g/mol. The quantitative estimate of drug-likeness (QED) is 0.195. The number of hydrogen-bond donors (Lipinski definition) is 3. The highest BCUT2D eigenvalue weighted by molar-refractivity contribution is 7.91. The van der Waals surface area contributed by atoms with Crippen molar-refractivity contribution in [2.75, 3.05) is 19.8 Å². The van der Waals surface area contributed by atoms with Crippen LogP contribution >= 0.6 is 22.9 Å². The summed E-state index contributed by atoms with van der Waals surface area (Å²) in [6, 6.07) is 4.24. The summed E-state index contributed by atoms with van der Waals surface area (Å²) in [6.07, 6.45) is -8.95. The first-order valence-electron chi connectivity index (χ1n) is 11.6. The largest absolute Gasteiger partial charge is 0.697 e. The predicted octanol–water partition coefficient (Wildman–Crippen LogP) is 5.89. The highest BCUT2D eigenvalue weighted by Gasteiger charge is 2.37. The molecule has 0 atom stereocenters. The molecule has 0 spiro atoms. The number of benzene rings is 1. The van der Waals surface area contributed by atoms with E-state index in [4.69, 9.17) is 32.3 Å². The zero-order valence-electron chi connectivity index (χ0n) is 21.4. The van der Waals surface area contributed by atoms with Crippen molar-refractivity contribution >= 4 is 50.3 Å². The fourth-order valence-electron chi connectivity index (χ4n) is 3.39. The van der Waals surface area contributed by atoms with Crippen LogP contribution in [-0.2, 0) is 22.4 Å². The number of nitrogens with zero attached hydrogens (tertiary/aromatic N) is 3. The smallest absolute Gasteiger partial charge is 0.433 e. The number of alkyl halides is 6. The molecular weight excluding hydrogens is 656 g/mol. The summed E-state index contributed by atoms with van der Waals surface area (Å²) in [5, 5.41) is 21.0. The van der Waals surface area contributed by atoms with Crippen molar-refractivity contribution < 1.29 is 54.5 Å². The van der Waals surface area contributed by atoms with Gasteiger partial charge in [-0.2, -0.15) is 31.4 Å². The van der Waals surface area contributed by atoms with Gasteiger partial charge in [-0.25, -0.2) is 27.4 Å².